The molecule has 304 valence electrons. The topological polar surface area (TPSA) is 138 Å². The van der Waals surface area contributed by atoms with Crippen molar-refractivity contribution in [3.63, 3.8) is 0 Å². The molecule has 12 nitrogen and oxygen atoms in total. The number of allylic oxidation sites excluding steroid dienone is 1. The largest absolute Gasteiger partial charge is 0.455 e. The van der Waals surface area contributed by atoms with E-state index in [1.165, 1.54) is 7.11 Å². The summed E-state index contributed by atoms with van der Waals surface area (Å²) in [6.45, 7) is 14.0. The fraction of sp³-hybridized carbons (Fsp3) is 0.535. The van der Waals surface area contributed by atoms with Crippen molar-refractivity contribution in [2.24, 2.45) is 11.8 Å². The fourth-order valence-corrected chi connectivity index (χ4v) is 9.59. The van der Waals surface area contributed by atoms with E-state index in [2.05, 4.69) is 53.2 Å². The average molecular weight is 838 g/mol. The Morgan fingerprint density at radius 3 is 2.38 bits per heavy atom. The summed E-state index contributed by atoms with van der Waals surface area (Å²) < 4.78 is 18.7. The number of alkyl halides is 1. The summed E-state index contributed by atoms with van der Waals surface area (Å²) in [5, 5.41) is 12.5. The number of halogens is 1. The molecule has 1 spiro atoms. The number of esters is 1. The smallest absolute Gasteiger partial charge is 0.313 e. The molecule has 13 heteroatoms. The highest BCUT2D eigenvalue weighted by molar-refractivity contribution is 9.09. The van der Waals surface area contributed by atoms with Crippen molar-refractivity contribution in [3.05, 3.63) is 85.5 Å². The van der Waals surface area contributed by atoms with Crippen LogP contribution in [0.1, 0.15) is 64.0 Å². The third-order valence-corrected chi connectivity index (χ3v) is 12.1. The van der Waals surface area contributed by atoms with E-state index >= 15 is 4.79 Å². The molecule has 5 rings (SSSR count). The van der Waals surface area contributed by atoms with Crippen LogP contribution in [0.15, 0.2) is 79.9 Å². The zero-order chi connectivity index (χ0) is 40.4. The SMILES string of the molecule is C=CCCC(=O)N[C@H](COC)[C@H](OC(=O)[C@@H]1[C@H]2O[C@@]3(CC2Br)[C@H](C(=O)N(CC=C)c2ccc(N(CC)CC)cc2)N(CCCCCO)C(=O)[C@@H]13)c1ccccc1. The van der Waals surface area contributed by atoms with E-state index in [9.17, 15) is 19.5 Å². The van der Waals surface area contributed by atoms with Gasteiger partial charge in [-0.2, -0.15) is 0 Å². The Hall–Kier alpha value is -4.04. The van der Waals surface area contributed by atoms with E-state index in [1.54, 1.807) is 22.0 Å². The van der Waals surface area contributed by atoms with Crippen LogP contribution in [0.4, 0.5) is 11.4 Å². The van der Waals surface area contributed by atoms with Gasteiger partial charge in [0.15, 0.2) is 0 Å². The van der Waals surface area contributed by atoms with Crippen LogP contribution in [0.3, 0.4) is 0 Å². The van der Waals surface area contributed by atoms with Crippen LogP contribution in [0, 0.1) is 11.8 Å². The minimum Gasteiger partial charge on any atom is -0.455 e. The summed E-state index contributed by atoms with van der Waals surface area (Å²) in [7, 11) is 1.51. The molecule has 3 heterocycles. The molecule has 2 aromatic rings. The maximum absolute atomic E-state index is 15.1. The molecule has 2 N–H and O–H groups in total. The van der Waals surface area contributed by atoms with Crippen LogP contribution in [-0.2, 0) is 33.4 Å². The first kappa shape index (κ1) is 43.1. The third kappa shape index (κ3) is 8.91. The minimum atomic E-state index is -1.32. The Kier molecular flexibility index (Phi) is 15.3. The van der Waals surface area contributed by atoms with Gasteiger partial charge in [-0.15, -0.1) is 13.2 Å². The summed E-state index contributed by atoms with van der Waals surface area (Å²) >= 11 is 3.77. The van der Waals surface area contributed by atoms with Gasteiger partial charge in [0.05, 0.1) is 30.6 Å². The van der Waals surface area contributed by atoms with Gasteiger partial charge < -0.3 is 39.3 Å². The van der Waals surface area contributed by atoms with Crippen molar-refractivity contribution < 1.29 is 38.5 Å². The number of benzene rings is 2. The highest BCUT2D eigenvalue weighted by atomic mass is 79.9. The van der Waals surface area contributed by atoms with Gasteiger partial charge in [0, 0.05) is 62.5 Å². The molecule has 3 aliphatic rings. The van der Waals surface area contributed by atoms with Crippen LogP contribution in [0.2, 0.25) is 0 Å². The van der Waals surface area contributed by atoms with Crippen LogP contribution >= 0.6 is 15.9 Å². The number of methoxy groups -OCH3 is 1. The summed E-state index contributed by atoms with van der Waals surface area (Å²) in [6.07, 6.45) is 4.39. The maximum atomic E-state index is 15.1. The molecule has 0 aromatic heterocycles. The lowest BCUT2D eigenvalue weighted by Gasteiger charge is -2.37. The second-order valence-electron chi connectivity index (χ2n) is 14.6. The molecular weight excluding hydrogens is 780 g/mol. The molecule has 56 heavy (non-hydrogen) atoms. The number of likely N-dealkylation sites (tertiary alicyclic amines) is 1. The van der Waals surface area contributed by atoms with Gasteiger partial charge in [0.25, 0.3) is 5.91 Å². The number of aliphatic hydroxyl groups excluding tert-OH is 1. The van der Waals surface area contributed by atoms with Gasteiger partial charge in [-0.05, 0) is 75.8 Å². The monoisotopic (exact) mass is 836 g/mol. The van der Waals surface area contributed by atoms with Crippen molar-refractivity contribution >= 4 is 51.0 Å². The minimum absolute atomic E-state index is 0.0186. The standard InChI is InChI=1S/C43H57BrN4O8/c1-6-10-19-34(50)45-33(28-54-5)37(29-17-13-11-14-18-29)55-42(53)35-36-40(51)48(25-15-12-16-26-49)39(43(36)27-32(44)38(35)56-43)41(52)47(24-7-2)31-22-20-30(21-23-31)46(8-3)9-4/h6-7,11,13-14,17-18,20-23,32-33,35-39,49H,1-2,8-10,12,15-16,19,24-28H2,3-5H3,(H,45,50)/t32?,33-,35+,36-,37-,38+,39+,43-/m1/s1. The van der Waals surface area contributed by atoms with Crippen LogP contribution in [-0.4, -0.2) is 109 Å². The predicted octanol–water partition coefficient (Wildman–Crippen LogP) is 5.34. The Bertz CT molecular complexity index is 1670. The summed E-state index contributed by atoms with van der Waals surface area (Å²) in [4.78, 5) is 62.6. The number of nitrogens with zero attached hydrogens (tertiary/aromatic N) is 3. The number of fused-ring (bicyclic) bond motifs is 1. The zero-order valence-electron chi connectivity index (χ0n) is 32.8. The van der Waals surface area contributed by atoms with Crippen LogP contribution in [0.5, 0.6) is 0 Å². The molecular formula is C43H57BrN4O8. The van der Waals surface area contributed by atoms with Crippen LogP contribution in [0.25, 0.3) is 0 Å². The maximum Gasteiger partial charge on any atom is 0.313 e. The highest BCUT2D eigenvalue weighted by Gasteiger charge is 2.77. The van der Waals surface area contributed by atoms with Crippen LogP contribution < -0.4 is 15.1 Å². The second-order valence-corrected chi connectivity index (χ2v) is 15.8. The van der Waals surface area contributed by atoms with Gasteiger partial charge in [0.2, 0.25) is 11.8 Å². The van der Waals surface area contributed by atoms with Gasteiger partial charge in [-0.1, -0.05) is 58.4 Å². The molecule has 0 saturated carbocycles. The molecule has 0 aliphatic carbocycles. The number of aliphatic hydroxyl groups is 1. The van der Waals surface area contributed by atoms with E-state index in [0.29, 0.717) is 43.4 Å². The number of amides is 3. The van der Waals surface area contributed by atoms with Crippen molar-refractivity contribution in [2.75, 3.05) is 56.3 Å². The quantitative estimate of drug-likeness (QED) is 0.0697. The molecule has 0 radical (unpaired) electrons. The van der Waals surface area contributed by atoms with Gasteiger partial charge >= 0.3 is 5.97 Å². The van der Waals surface area contributed by atoms with E-state index in [4.69, 9.17) is 14.2 Å². The molecule has 2 aromatic carbocycles. The van der Waals surface area contributed by atoms with E-state index in [0.717, 1.165) is 18.8 Å². The molecule has 3 fully saturated rings. The van der Waals surface area contributed by atoms with Crippen molar-refractivity contribution in [1.29, 1.82) is 0 Å². The lowest BCUT2D eigenvalue weighted by molar-refractivity contribution is -0.163. The third-order valence-electron chi connectivity index (χ3n) is 11.2. The number of unbranched alkanes of at least 4 members (excludes halogenated alkanes) is 2. The second kappa shape index (κ2) is 19.9. The zero-order valence-corrected chi connectivity index (χ0v) is 34.4. The normalized spacial score (nSPS) is 24.6. The number of ether oxygens (including phenoxy) is 3. The average Bonchev–Trinajstić information content (AvgIpc) is 3.80. The molecule has 3 aliphatic heterocycles. The lowest BCUT2D eigenvalue weighted by atomic mass is 9.70. The summed E-state index contributed by atoms with van der Waals surface area (Å²) in [6, 6.07) is 15.1. The fourth-order valence-electron chi connectivity index (χ4n) is 8.65. The number of hydrogen-bond acceptors (Lipinski definition) is 9. The Labute approximate surface area is 339 Å². The van der Waals surface area contributed by atoms with Crippen molar-refractivity contribution in [2.45, 2.75) is 87.1 Å². The van der Waals surface area contributed by atoms with Crippen molar-refractivity contribution in [3.8, 4) is 0 Å². The number of carbonyl (C=O) groups is 4. The molecule has 2 bridgehead atoms. The number of anilines is 2. The van der Waals surface area contributed by atoms with Crippen molar-refractivity contribution in [1.82, 2.24) is 10.2 Å². The Morgan fingerprint density at radius 1 is 1.05 bits per heavy atom. The molecule has 3 saturated heterocycles. The first-order chi connectivity index (χ1) is 27.1. The molecule has 8 atom stereocenters. The Morgan fingerprint density at radius 2 is 1.75 bits per heavy atom. The first-order valence-corrected chi connectivity index (χ1v) is 20.7. The predicted molar refractivity (Wildman–Crippen MR) is 219 cm³/mol. The number of hydrogen-bond donors (Lipinski definition) is 2. The van der Waals surface area contributed by atoms with Gasteiger partial charge in [0.1, 0.15) is 17.7 Å². The molecule has 3 amide bonds. The van der Waals surface area contributed by atoms with E-state index in [1.807, 2.05) is 54.6 Å². The highest BCUT2D eigenvalue weighted by Crippen LogP contribution is 2.60. The number of carbonyl (C=O) groups excluding carboxylic acids is 4. The van der Waals surface area contributed by atoms with Gasteiger partial charge in [-0.25, -0.2) is 0 Å². The number of rotatable bonds is 22. The van der Waals surface area contributed by atoms with Gasteiger partial charge in [-0.3, -0.25) is 19.2 Å². The summed E-state index contributed by atoms with van der Waals surface area (Å²) in [5.74, 6) is -3.59. The number of nitrogens with one attached hydrogen (secondary N) is 1. The Balaban J connectivity index is 1.51. The lowest BCUT2D eigenvalue weighted by Crippen LogP contribution is -2.57. The summed E-state index contributed by atoms with van der Waals surface area (Å²) in [5.41, 5.74) is 1.01. The first-order valence-electron chi connectivity index (χ1n) is 19.8. The van der Waals surface area contributed by atoms with E-state index in [-0.39, 0.29) is 55.3 Å². The van der Waals surface area contributed by atoms with E-state index < -0.39 is 47.7 Å². The molecule has 1 unspecified atom stereocenters.